The predicted molar refractivity (Wildman–Crippen MR) is 63.8 cm³/mol. The van der Waals surface area contributed by atoms with Gasteiger partial charge in [0.2, 0.25) is 5.91 Å². The number of aliphatic hydroxyl groups is 2. The highest BCUT2D eigenvalue weighted by molar-refractivity contribution is 9.10. The number of nitrogens with one attached hydrogen (secondary N) is 1. The third-order valence-corrected chi connectivity index (χ3v) is 2.71. The van der Waals surface area contributed by atoms with Gasteiger partial charge in [0, 0.05) is 11.4 Å². The van der Waals surface area contributed by atoms with E-state index in [9.17, 15) is 9.90 Å². The van der Waals surface area contributed by atoms with Crippen molar-refractivity contribution in [3.63, 3.8) is 0 Å². The summed E-state index contributed by atoms with van der Waals surface area (Å²) in [5.41, 5.74) is 0.649. The van der Waals surface area contributed by atoms with Crippen LogP contribution in [0.2, 0.25) is 0 Å². The average Bonchev–Trinajstić information content (AvgIpc) is 2.25. The van der Waals surface area contributed by atoms with E-state index in [0.717, 1.165) is 4.47 Å². The smallest absolute Gasteiger partial charge is 0.217 e. The summed E-state index contributed by atoms with van der Waals surface area (Å²) in [6.45, 7) is 1.04. The Kier molecular flexibility index (Phi) is 4.92. The number of hydrogen-bond acceptors (Lipinski definition) is 3. The molecule has 5 heteroatoms. The Morgan fingerprint density at radius 2 is 2.00 bits per heavy atom. The minimum Gasteiger partial charge on any atom is -0.394 e. The molecule has 0 saturated heterocycles. The Labute approximate surface area is 102 Å². The SMILES string of the molecule is CC(=O)NC(CO)C(O)c1ccc(Br)cc1. The second-order valence-corrected chi connectivity index (χ2v) is 4.40. The highest BCUT2D eigenvalue weighted by atomic mass is 79.9. The molecule has 88 valence electrons. The van der Waals surface area contributed by atoms with Gasteiger partial charge in [-0.1, -0.05) is 28.1 Å². The molecular formula is C11H14BrNO3. The van der Waals surface area contributed by atoms with E-state index in [1.807, 2.05) is 0 Å². The Morgan fingerprint density at radius 3 is 2.44 bits per heavy atom. The second-order valence-electron chi connectivity index (χ2n) is 3.49. The fourth-order valence-corrected chi connectivity index (χ4v) is 1.64. The first-order valence-electron chi connectivity index (χ1n) is 4.86. The number of hydrogen-bond donors (Lipinski definition) is 3. The highest BCUT2D eigenvalue weighted by Crippen LogP contribution is 2.19. The molecule has 1 amide bonds. The molecule has 0 fully saturated rings. The average molecular weight is 288 g/mol. The topological polar surface area (TPSA) is 69.6 Å². The standard InChI is InChI=1S/C11H14BrNO3/c1-7(15)13-10(6-14)11(16)8-2-4-9(12)5-3-8/h2-5,10-11,14,16H,6H2,1H3,(H,13,15). The van der Waals surface area contributed by atoms with E-state index in [2.05, 4.69) is 21.2 Å². The zero-order chi connectivity index (χ0) is 12.1. The zero-order valence-corrected chi connectivity index (χ0v) is 10.4. The number of benzene rings is 1. The molecule has 2 unspecified atom stereocenters. The lowest BCUT2D eigenvalue weighted by Gasteiger charge is -2.21. The lowest BCUT2D eigenvalue weighted by Crippen LogP contribution is -2.40. The molecule has 0 bridgehead atoms. The second kappa shape index (κ2) is 5.98. The number of rotatable bonds is 4. The minimum atomic E-state index is -0.915. The zero-order valence-electron chi connectivity index (χ0n) is 8.85. The molecule has 0 radical (unpaired) electrons. The van der Waals surface area contributed by atoms with E-state index < -0.39 is 12.1 Å². The van der Waals surface area contributed by atoms with Gasteiger partial charge in [0.05, 0.1) is 12.6 Å². The van der Waals surface area contributed by atoms with Crippen LogP contribution in [0.3, 0.4) is 0 Å². The van der Waals surface area contributed by atoms with Gasteiger partial charge in [0.15, 0.2) is 0 Å². The Balaban J connectivity index is 2.78. The van der Waals surface area contributed by atoms with Crippen molar-refractivity contribution < 1.29 is 15.0 Å². The van der Waals surface area contributed by atoms with Gasteiger partial charge in [0.1, 0.15) is 6.10 Å². The van der Waals surface area contributed by atoms with Crippen LogP contribution in [0.15, 0.2) is 28.7 Å². The van der Waals surface area contributed by atoms with Crippen molar-refractivity contribution in [3.8, 4) is 0 Å². The Bertz CT molecular complexity index is 353. The van der Waals surface area contributed by atoms with Gasteiger partial charge < -0.3 is 15.5 Å². The largest absolute Gasteiger partial charge is 0.394 e. The van der Waals surface area contributed by atoms with E-state index in [4.69, 9.17) is 5.11 Å². The first-order valence-corrected chi connectivity index (χ1v) is 5.65. The number of carbonyl (C=O) groups is 1. The lowest BCUT2D eigenvalue weighted by molar-refractivity contribution is -0.121. The van der Waals surface area contributed by atoms with E-state index in [1.165, 1.54) is 6.92 Å². The maximum atomic E-state index is 10.9. The number of carbonyl (C=O) groups excluding carboxylic acids is 1. The highest BCUT2D eigenvalue weighted by Gasteiger charge is 2.20. The molecule has 0 aliphatic heterocycles. The molecule has 0 aliphatic rings. The maximum Gasteiger partial charge on any atom is 0.217 e. The van der Waals surface area contributed by atoms with Gasteiger partial charge in [-0.3, -0.25) is 4.79 Å². The van der Waals surface area contributed by atoms with Crippen molar-refractivity contribution in [1.82, 2.24) is 5.32 Å². The van der Waals surface area contributed by atoms with Gasteiger partial charge in [-0.25, -0.2) is 0 Å². The first-order chi connectivity index (χ1) is 7.54. The van der Waals surface area contributed by atoms with Crippen molar-refractivity contribution >= 4 is 21.8 Å². The van der Waals surface area contributed by atoms with Crippen molar-refractivity contribution in [2.75, 3.05) is 6.61 Å². The van der Waals surface area contributed by atoms with E-state index in [-0.39, 0.29) is 12.5 Å². The summed E-state index contributed by atoms with van der Waals surface area (Å²) in [7, 11) is 0. The first kappa shape index (κ1) is 13.2. The van der Waals surface area contributed by atoms with E-state index in [1.54, 1.807) is 24.3 Å². The number of aliphatic hydroxyl groups excluding tert-OH is 2. The van der Waals surface area contributed by atoms with Crippen LogP contribution in [-0.4, -0.2) is 28.8 Å². The Hall–Kier alpha value is -0.910. The molecule has 0 spiro atoms. The van der Waals surface area contributed by atoms with E-state index in [0.29, 0.717) is 5.56 Å². The molecule has 4 nitrogen and oxygen atoms in total. The van der Waals surface area contributed by atoms with Gasteiger partial charge in [-0.15, -0.1) is 0 Å². The van der Waals surface area contributed by atoms with Crippen LogP contribution in [0.25, 0.3) is 0 Å². The molecule has 0 saturated carbocycles. The summed E-state index contributed by atoms with van der Waals surface area (Å²) in [6.07, 6.45) is -0.915. The molecule has 1 aromatic rings. The molecule has 1 aromatic carbocycles. The monoisotopic (exact) mass is 287 g/mol. The quantitative estimate of drug-likeness (QED) is 0.773. The fourth-order valence-electron chi connectivity index (χ4n) is 1.38. The van der Waals surface area contributed by atoms with Gasteiger partial charge in [0.25, 0.3) is 0 Å². The third kappa shape index (κ3) is 3.59. The van der Waals surface area contributed by atoms with Crippen LogP contribution < -0.4 is 5.32 Å². The summed E-state index contributed by atoms with van der Waals surface area (Å²) in [5.74, 6) is -0.282. The van der Waals surface area contributed by atoms with E-state index >= 15 is 0 Å². The van der Waals surface area contributed by atoms with Crippen molar-refractivity contribution in [2.24, 2.45) is 0 Å². The van der Waals surface area contributed by atoms with Crippen LogP contribution in [0.5, 0.6) is 0 Å². The van der Waals surface area contributed by atoms with Gasteiger partial charge in [-0.05, 0) is 17.7 Å². The predicted octanol–water partition coefficient (Wildman–Crippen LogP) is 0.979. The fraction of sp³-hybridized carbons (Fsp3) is 0.364. The third-order valence-electron chi connectivity index (χ3n) is 2.18. The van der Waals surface area contributed by atoms with Gasteiger partial charge in [-0.2, -0.15) is 0 Å². The van der Waals surface area contributed by atoms with Crippen LogP contribution in [0, 0.1) is 0 Å². The Morgan fingerprint density at radius 1 is 1.44 bits per heavy atom. The minimum absolute atomic E-state index is 0.282. The lowest BCUT2D eigenvalue weighted by atomic mass is 10.0. The van der Waals surface area contributed by atoms with Crippen LogP contribution in [0.1, 0.15) is 18.6 Å². The summed E-state index contributed by atoms with van der Waals surface area (Å²) in [5, 5.41) is 21.5. The number of halogens is 1. The molecule has 2 atom stereocenters. The summed E-state index contributed by atoms with van der Waals surface area (Å²) < 4.78 is 0.906. The molecule has 0 aromatic heterocycles. The summed E-state index contributed by atoms with van der Waals surface area (Å²) in [4.78, 5) is 10.9. The van der Waals surface area contributed by atoms with Gasteiger partial charge >= 0.3 is 0 Å². The normalized spacial score (nSPS) is 14.2. The van der Waals surface area contributed by atoms with Crippen LogP contribution in [-0.2, 0) is 4.79 Å². The molecule has 0 aliphatic carbocycles. The molecule has 3 N–H and O–H groups in total. The maximum absolute atomic E-state index is 10.9. The molecule has 1 rings (SSSR count). The van der Waals surface area contributed by atoms with Crippen molar-refractivity contribution in [3.05, 3.63) is 34.3 Å². The summed E-state index contributed by atoms with van der Waals surface area (Å²) in [6, 6.07) is 6.37. The number of amides is 1. The van der Waals surface area contributed by atoms with Crippen molar-refractivity contribution in [2.45, 2.75) is 19.1 Å². The molecular weight excluding hydrogens is 274 g/mol. The molecule has 16 heavy (non-hydrogen) atoms. The van der Waals surface area contributed by atoms with Crippen molar-refractivity contribution in [1.29, 1.82) is 0 Å². The van der Waals surface area contributed by atoms with Crippen LogP contribution >= 0.6 is 15.9 Å². The molecule has 0 heterocycles. The summed E-state index contributed by atoms with van der Waals surface area (Å²) >= 11 is 3.29. The van der Waals surface area contributed by atoms with Crippen LogP contribution in [0.4, 0.5) is 0 Å².